The minimum Gasteiger partial charge on any atom is -0.493 e. The number of amides is 1. The summed E-state index contributed by atoms with van der Waals surface area (Å²) in [5.74, 6) is -8.59. The molecule has 186 valence electrons. The number of carbonyl (C=O) groups excluding carboxylic acids is 1. The number of hydrogen-bond acceptors (Lipinski definition) is 3. The Morgan fingerprint density at radius 3 is 2.27 bits per heavy atom. The number of likely N-dealkylation sites (tertiary alicyclic amines) is 1. The van der Waals surface area contributed by atoms with Gasteiger partial charge in [-0.05, 0) is 44.6 Å². The third-order valence-corrected chi connectivity index (χ3v) is 5.74. The van der Waals surface area contributed by atoms with Gasteiger partial charge in [-0.1, -0.05) is 0 Å². The third kappa shape index (κ3) is 6.70. The van der Waals surface area contributed by atoms with E-state index in [2.05, 4.69) is 5.32 Å². The van der Waals surface area contributed by atoms with Crippen molar-refractivity contribution in [1.29, 1.82) is 0 Å². The largest absolute Gasteiger partial charge is 0.493 e. The zero-order valence-electron chi connectivity index (χ0n) is 17.5. The average Bonchev–Trinajstić information content (AvgIpc) is 3.49. The van der Waals surface area contributed by atoms with Crippen molar-refractivity contribution in [3.63, 3.8) is 0 Å². The summed E-state index contributed by atoms with van der Waals surface area (Å²) in [7, 11) is 0. The molecule has 4 nitrogen and oxygen atoms in total. The molecule has 2 aliphatic rings. The van der Waals surface area contributed by atoms with E-state index in [1.54, 1.807) is 0 Å². The topological polar surface area (TPSA) is 41.6 Å². The number of carbonyl (C=O) groups is 1. The van der Waals surface area contributed by atoms with E-state index in [0.717, 1.165) is 29.9 Å². The van der Waals surface area contributed by atoms with Crippen LogP contribution in [0.3, 0.4) is 0 Å². The number of halogens is 8. The van der Waals surface area contributed by atoms with E-state index >= 15 is 0 Å². The first kappa shape index (κ1) is 25.5. The van der Waals surface area contributed by atoms with Crippen molar-refractivity contribution in [3.8, 4) is 5.75 Å². The lowest BCUT2D eigenvalue weighted by Crippen LogP contribution is -2.51. The summed E-state index contributed by atoms with van der Waals surface area (Å²) in [5.41, 5.74) is -0.697. The standard InChI is InChI=1S/C21H24F8N2O2/c22-15-8-14(9-16(23)18(15)19(32)30-13-3-4-13)33-7-1-2-12-5-6-31(10-17(12)24)11-20(25,26)21(27,28)29/h8-9,12-13,17H,1-7,10-11H2,(H,30,32). The minimum atomic E-state index is -5.69. The lowest BCUT2D eigenvalue weighted by molar-refractivity contribution is -0.287. The predicted octanol–water partition coefficient (Wildman–Crippen LogP) is 4.87. The molecule has 1 heterocycles. The van der Waals surface area contributed by atoms with E-state index in [1.165, 1.54) is 0 Å². The molecule has 2 fully saturated rings. The number of nitrogens with zero attached hydrogens (tertiary/aromatic N) is 1. The molecule has 33 heavy (non-hydrogen) atoms. The van der Waals surface area contributed by atoms with Crippen LogP contribution in [0, 0.1) is 17.6 Å². The molecule has 0 bridgehead atoms. The first-order chi connectivity index (χ1) is 15.4. The van der Waals surface area contributed by atoms with Gasteiger partial charge in [-0.25, -0.2) is 13.2 Å². The molecule has 0 spiro atoms. The molecule has 1 N–H and O–H groups in total. The summed E-state index contributed by atoms with van der Waals surface area (Å²) >= 11 is 0. The molecule has 0 aromatic heterocycles. The summed E-state index contributed by atoms with van der Waals surface area (Å²) in [5, 5.41) is 2.49. The van der Waals surface area contributed by atoms with Crippen LogP contribution in [-0.2, 0) is 0 Å². The molecular weight excluding hydrogens is 464 g/mol. The second-order valence-corrected chi connectivity index (χ2v) is 8.50. The van der Waals surface area contributed by atoms with Gasteiger partial charge < -0.3 is 10.1 Å². The molecule has 1 saturated carbocycles. The molecule has 1 saturated heterocycles. The third-order valence-electron chi connectivity index (χ3n) is 5.74. The summed E-state index contributed by atoms with van der Waals surface area (Å²) in [6.07, 6.45) is -5.12. The Hall–Kier alpha value is -2.11. The maximum Gasteiger partial charge on any atom is 0.454 e. The Labute approximate surface area is 185 Å². The van der Waals surface area contributed by atoms with Crippen molar-refractivity contribution in [3.05, 3.63) is 29.3 Å². The molecule has 1 amide bonds. The lowest BCUT2D eigenvalue weighted by atomic mass is 9.90. The molecule has 2 unspecified atom stereocenters. The molecule has 1 aromatic carbocycles. The number of ether oxygens (including phenoxy) is 1. The Morgan fingerprint density at radius 2 is 1.73 bits per heavy atom. The van der Waals surface area contributed by atoms with E-state index in [1.807, 2.05) is 0 Å². The van der Waals surface area contributed by atoms with Gasteiger partial charge in [-0.15, -0.1) is 0 Å². The van der Waals surface area contributed by atoms with Gasteiger partial charge in [0.25, 0.3) is 5.91 Å². The van der Waals surface area contributed by atoms with Gasteiger partial charge in [0.1, 0.15) is 29.1 Å². The molecule has 1 aromatic rings. The number of hydrogen-bond donors (Lipinski definition) is 1. The Morgan fingerprint density at radius 1 is 1.09 bits per heavy atom. The van der Waals surface area contributed by atoms with Gasteiger partial charge in [0.05, 0.1) is 13.2 Å². The number of nitrogens with one attached hydrogen (secondary N) is 1. The maximum atomic E-state index is 14.3. The van der Waals surface area contributed by atoms with E-state index in [-0.39, 0.29) is 44.2 Å². The van der Waals surface area contributed by atoms with E-state index in [4.69, 9.17) is 4.74 Å². The van der Waals surface area contributed by atoms with Crippen LogP contribution in [0.1, 0.15) is 42.5 Å². The number of alkyl halides is 6. The monoisotopic (exact) mass is 488 g/mol. The maximum absolute atomic E-state index is 14.3. The Balaban J connectivity index is 1.42. The van der Waals surface area contributed by atoms with Crippen LogP contribution < -0.4 is 10.1 Å². The summed E-state index contributed by atoms with van der Waals surface area (Å²) in [6.45, 7) is -2.24. The second kappa shape index (κ2) is 10.0. The first-order valence-electron chi connectivity index (χ1n) is 10.6. The van der Waals surface area contributed by atoms with E-state index in [9.17, 15) is 39.9 Å². The number of benzene rings is 1. The number of rotatable bonds is 9. The van der Waals surface area contributed by atoms with Crippen LogP contribution in [-0.4, -0.2) is 61.4 Å². The van der Waals surface area contributed by atoms with Gasteiger partial charge >= 0.3 is 12.1 Å². The highest BCUT2D eigenvalue weighted by atomic mass is 19.4. The Bertz CT molecular complexity index is 821. The first-order valence-corrected chi connectivity index (χ1v) is 10.6. The highest BCUT2D eigenvalue weighted by molar-refractivity contribution is 5.95. The summed E-state index contributed by atoms with van der Waals surface area (Å²) in [6, 6.07) is 1.68. The Kier molecular flexibility index (Phi) is 7.75. The summed E-state index contributed by atoms with van der Waals surface area (Å²) in [4.78, 5) is 12.7. The van der Waals surface area contributed by atoms with Gasteiger partial charge in [-0.3, -0.25) is 9.69 Å². The van der Waals surface area contributed by atoms with Gasteiger partial charge in [0.2, 0.25) is 0 Å². The number of piperidine rings is 1. The molecule has 12 heteroatoms. The quantitative estimate of drug-likeness (QED) is 0.398. The van der Waals surface area contributed by atoms with Crippen molar-refractivity contribution >= 4 is 5.91 Å². The van der Waals surface area contributed by atoms with Crippen LogP contribution in [0.15, 0.2) is 12.1 Å². The van der Waals surface area contributed by atoms with Crippen molar-refractivity contribution in [2.24, 2.45) is 5.92 Å². The van der Waals surface area contributed by atoms with Crippen molar-refractivity contribution < 1.29 is 44.7 Å². The zero-order valence-corrected chi connectivity index (χ0v) is 17.5. The highest BCUT2D eigenvalue weighted by Crippen LogP contribution is 2.37. The van der Waals surface area contributed by atoms with Gasteiger partial charge in [0.15, 0.2) is 0 Å². The fourth-order valence-electron chi connectivity index (χ4n) is 3.73. The van der Waals surface area contributed by atoms with Crippen LogP contribution in [0.2, 0.25) is 0 Å². The summed E-state index contributed by atoms with van der Waals surface area (Å²) < 4.78 is 111. The normalized spacial score (nSPS) is 22.3. The molecule has 1 aliphatic carbocycles. The van der Waals surface area contributed by atoms with E-state index < -0.39 is 60.4 Å². The molecular formula is C21H24F8N2O2. The smallest absolute Gasteiger partial charge is 0.454 e. The molecule has 0 radical (unpaired) electrons. The second-order valence-electron chi connectivity index (χ2n) is 8.50. The predicted molar refractivity (Wildman–Crippen MR) is 102 cm³/mol. The molecule has 1 aliphatic heterocycles. The minimum absolute atomic E-state index is 0.0222. The fraction of sp³-hybridized carbons (Fsp3) is 0.667. The SMILES string of the molecule is O=C(NC1CC1)c1c(F)cc(OCCCC2CCN(CC(F)(F)C(F)(F)F)CC2F)cc1F. The van der Waals surface area contributed by atoms with Crippen LogP contribution >= 0.6 is 0 Å². The highest BCUT2D eigenvalue weighted by Gasteiger charge is 2.58. The zero-order chi connectivity index (χ0) is 24.4. The van der Waals surface area contributed by atoms with Gasteiger partial charge in [0, 0.05) is 24.7 Å². The van der Waals surface area contributed by atoms with Crippen molar-refractivity contribution in [2.75, 3.05) is 26.2 Å². The van der Waals surface area contributed by atoms with Gasteiger partial charge in [-0.2, -0.15) is 22.0 Å². The van der Waals surface area contributed by atoms with Crippen LogP contribution in [0.25, 0.3) is 0 Å². The average molecular weight is 488 g/mol. The lowest BCUT2D eigenvalue weighted by Gasteiger charge is -2.36. The molecule has 2 atom stereocenters. The molecule has 3 rings (SSSR count). The fourth-order valence-corrected chi connectivity index (χ4v) is 3.73. The van der Waals surface area contributed by atoms with E-state index in [0.29, 0.717) is 0 Å². The van der Waals surface area contributed by atoms with Crippen molar-refractivity contribution in [2.45, 2.75) is 56.4 Å². The van der Waals surface area contributed by atoms with Crippen molar-refractivity contribution in [1.82, 2.24) is 10.2 Å². The van der Waals surface area contributed by atoms with Crippen LogP contribution in [0.5, 0.6) is 5.75 Å². The van der Waals surface area contributed by atoms with Crippen LogP contribution in [0.4, 0.5) is 35.1 Å².